The molecule has 5 heteroatoms. The van der Waals surface area contributed by atoms with E-state index >= 15 is 0 Å². The molecule has 0 unspecified atom stereocenters. The maximum atomic E-state index is 5.16. The zero-order chi connectivity index (χ0) is 15.7. The van der Waals surface area contributed by atoms with Gasteiger partial charge in [0.2, 0.25) is 0 Å². The number of nitrogens with zero attached hydrogens (tertiary/aromatic N) is 1. The van der Waals surface area contributed by atoms with E-state index in [1.807, 2.05) is 36.0 Å². The van der Waals surface area contributed by atoms with Crippen molar-refractivity contribution in [2.45, 2.75) is 32.1 Å². The number of hydrogen-bond donors (Lipinski definition) is 2. The molecule has 1 aromatic rings. The van der Waals surface area contributed by atoms with E-state index in [4.69, 9.17) is 4.74 Å². The van der Waals surface area contributed by atoms with Crippen LogP contribution in [0.4, 0.5) is 0 Å². The Kier molecular flexibility index (Phi) is 7.43. The highest BCUT2D eigenvalue weighted by Gasteiger charge is 2.15. The Morgan fingerprint density at radius 2 is 1.90 bits per heavy atom. The zero-order valence-electron chi connectivity index (χ0n) is 13.7. The van der Waals surface area contributed by atoms with Gasteiger partial charge in [-0.2, -0.15) is 11.8 Å². The van der Waals surface area contributed by atoms with E-state index in [1.165, 1.54) is 0 Å². The number of aliphatic imine (C=N–C) groups is 1. The molecule has 4 nitrogen and oxygen atoms in total. The number of nitrogens with one attached hydrogen (secondary N) is 2. The van der Waals surface area contributed by atoms with Crippen molar-refractivity contribution in [1.29, 1.82) is 0 Å². The molecule has 0 aliphatic heterocycles. The van der Waals surface area contributed by atoms with Crippen molar-refractivity contribution in [3.8, 4) is 5.75 Å². The van der Waals surface area contributed by atoms with Crippen LogP contribution in [0.25, 0.3) is 0 Å². The lowest BCUT2D eigenvalue weighted by atomic mass is 10.2. The van der Waals surface area contributed by atoms with E-state index < -0.39 is 0 Å². The molecule has 21 heavy (non-hydrogen) atoms. The molecule has 1 aromatic carbocycles. The summed E-state index contributed by atoms with van der Waals surface area (Å²) in [6.07, 6.45) is 2.13. The number of ether oxygens (including phenoxy) is 1. The van der Waals surface area contributed by atoms with Crippen molar-refractivity contribution < 1.29 is 4.74 Å². The fourth-order valence-electron chi connectivity index (χ4n) is 1.61. The second kappa shape index (κ2) is 8.82. The molecule has 0 aliphatic carbocycles. The highest BCUT2D eigenvalue weighted by Crippen LogP contribution is 2.19. The van der Waals surface area contributed by atoms with E-state index in [0.717, 1.165) is 30.4 Å². The van der Waals surface area contributed by atoms with Gasteiger partial charge >= 0.3 is 0 Å². The molecule has 0 amide bonds. The smallest absolute Gasteiger partial charge is 0.191 e. The van der Waals surface area contributed by atoms with Crippen LogP contribution in [0.1, 0.15) is 26.3 Å². The van der Waals surface area contributed by atoms with Crippen LogP contribution in [0.5, 0.6) is 5.75 Å². The highest BCUT2D eigenvalue weighted by atomic mass is 32.2. The molecule has 0 aliphatic rings. The normalized spacial score (nSPS) is 12.1. The number of methoxy groups -OCH3 is 1. The summed E-state index contributed by atoms with van der Waals surface area (Å²) in [5.41, 5.74) is 1.16. The average Bonchev–Trinajstić information content (AvgIpc) is 2.50. The van der Waals surface area contributed by atoms with Gasteiger partial charge in [0, 0.05) is 17.8 Å². The van der Waals surface area contributed by atoms with E-state index in [2.05, 4.69) is 42.7 Å². The minimum absolute atomic E-state index is 0.191. The lowest BCUT2D eigenvalue weighted by molar-refractivity contribution is 0.414. The molecule has 0 fully saturated rings. The third-order valence-corrected chi connectivity index (χ3v) is 4.41. The summed E-state index contributed by atoms with van der Waals surface area (Å²) in [5, 5.41) is 6.68. The molecular weight excluding hydrogens is 282 g/mol. The van der Waals surface area contributed by atoms with Gasteiger partial charge in [-0.1, -0.05) is 12.1 Å². The summed E-state index contributed by atoms with van der Waals surface area (Å²) in [5.74, 6) is 1.73. The van der Waals surface area contributed by atoms with Crippen molar-refractivity contribution in [2.24, 2.45) is 4.99 Å². The maximum Gasteiger partial charge on any atom is 0.191 e. The van der Waals surface area contributed by atoms with Gasteiger partial charge in [-0.3, -0.25) is 0 Å². The first-order valence-electron chi connectivity index (χ1n) is 7.21. The molecule has 0 spiro atoms. The summed E-state index contributed by atoms with van der Waals surface area (Å²) in [4.78, 5) is 4.62. The van der Waals surface area contributed by atoms with Gasteiger partial charge in [0.05, 0.1) is 13.7 Å². The Morgan fingerprint density at radius 3 is 2.43 bits per heavy atom. The highest BCUT2D eigenvalue weighted by molar-refractivity contribution is 7.99. The van der Waals surface area contributed by atoms with Crippen LogP contribution in [-0.4, -0.2) is 37.2 Å². The fraction of sp³-hybridized carbons (Fsp3) is 0.562. The predicted molar refractivity (Wildman–Crippen MR) is 93.4 cm³/mol. The summed E-state index contributed by atoms with van der Waals surface area (Å²) in [7, 11) is 1.67. The van der Waals surface area contributed by atoms with Gasteiger partial charge in [-0.25, -0.2) is 4.99 Å². The first-order chi connectivity index (χ1) is 10.0. The Labute approximate surface area is 132 Å². The van der Waals surface area contributed by atoms with Gasteiger partial charge in [-0.05, 0) is 44.7 Å². The van der Waals surface area contributed by atoms with Crippen molar-refractivity contribution in [3.05, 3.63) is 29.8 Å². The van der Waals surface area contributed by atoms with Gasteiger partial charge in [0.25, 0.3) is 0 Å². The fourth-order valence-corrected chi connectivity index (χ4v) is 1.83. The van der Waals surface area contributed by atoms with Crippen LogP contribution in [0.3, 0.4) is 0 Å². The third-order valence-electron chi connectivity index (χ3n) is 3.16. The minimum Gasteiger partial charge on any atom is -0.497 e. The number of hydrogen-bond acceptors (Lipinski definition) is 3. The summed E-state index contributed by atoms with van der Waals surface area (Å²) >= 11 is 1.85. The molecule has 0 saturated heterocycles. The molecular formula is C16H27N3OS. The minimum atomic E-state index is 0.191. The molecule has 0 heterocycles. The van der Waals surface area contributed by atoms with Gasteiger partial charge < -0.3 is 15.4 Å². The first kappa shape index (κ1) is 17.7. The van der Waals surface area contributed by atoms with Crippen LogP contribution in [0, 0.1) is 0 Å². The Morgan fingerprint density at radius 1 is 1.24 bits per heavy atom. The van der Waals surface area contributed by atoms with E-state index in [1.54, 1.807) is 7.11 Å². The summed E-state index contributed by atoms with van der Waals surface area (Å²) < 4.78 is 5.35. The molecule has 0 saturated carbocycles. The van der Waals surface area contributed by atoms with Crippen LogP contribution in [0.15, 0.2) is 29.3 Å². The maximum absolute atomic E-state index is 5.16. The standard InChI is InChI=1S/C16H27N3OS/c1-6-17-15(19-12-16(2,3)21-5)18-11-13-7-9-14(20-4)10-8-13/h7-10H,6,11-12H2,1-5H3,(H2,17,18,19). The molecule has 0 atom stereocenters. The number of rotatable bonds is 7. The van der Waals surface area contributed by atoms with Crippen LogP contribution in [-0.2, 0) is 6.54 Å². The molecule has 118 valence electrons. The molecule has 0 aromatic heterocycles. The van der Waals surface area contributed by atoms with Crippen LogP contribution >= 0.6 is 11.8 Å². The van der Waals surface area contributed by atoms with E-state index in [9.17, 15) is 0 Å². The van der Waals surface area contributed by atoms with E-state index in [0.29, 0.717) is 6.54 Å². The first-order valence-corrected chi connectivity index (χ1v) is 8.43. The number of benzene rings is 1. The van der Waals surface area contributed by atoms with Gasteiger partial charge in [-0.15, -0.1) is 0 Å². The molecule has 2 N–H and O–H groups in total. The van der Waals surface area contributed by atoms with Crippen LogP contribution < -0.4 is 15.4 Å². The number of thioether (sulfide) groups is 1. The predicted octanol–water partition coefficient (Wildman–Crippen LogP) is 2.89. The zero-order valence-corrected chi connectivity index (χ0v) is 14.5. The average molecular weight is 309 g/mol. The van der Waals surface area contributed by atoms with Crippen molar-refractivity contribution in [1.82, 2.24) is 10.6 Å². The molecule has 0 bridgehead atoms. The van der Waals surface area contributed by atoms with E-state index in [-0.39, 0.29) is 4.75 Å². The Bertz CT molecular complexity index is 443. The van der Waals surface area contributed by atoms with Crippen molar-refractivity contribution >= 4 is 17.7 Å². The largest absolute Gasteiger partial charge is 0.497 e. The molecule has 1 rings (SSSR count). The second-order valence-corrected chi connectivity index (χ2v) is 6.87. The third kappa shape index (κ3) is 6.76. The quantitative estimate of drug-likeness (QED) is 0.600. The van der Waals surface area contributed by atoms with Gasteiger partial charge in [0.15, 0.2) is 5.96 Å². The lowest BCUT2D eigenvalue weighted by Crippen LogP contribution is -2.43. The SMILES string of the molecule is CCNC(=NCc1ccc(OC)cc1)NCC(C)(C)SC. The van der Waals surface area contributed by atoms with Crippen molar-refractivity contribution in [2.75, 3.05) is 26.5 Å². The topological polar surface area (TPSA) is 45.7 Å². The summed E-state index contributed by atoms with van der Waals surface area (Å²) in [6.45, 7) is 8.90. The summed E-state index contributed by atoms with van der Waals surface area (Å²) in [6, 6.07) is 8.00. The van der Waals surface area contributed by atoms with Crippen LogP contribution in [0.2, 0.25) is 0 Å². The van der Waals surface area contributed by atoms with Gasteiger partial charge in [0.1, 0.15) is 5.75 Å². The monoisotopic (exact) mass is 309 g/mol. The Balaban J connectivity index is 2.61. The molecule has 0 radical (unpaired) electrons. The van der Waals surface area contributed by atoms with Crippen molar-refractivity contribution in [3.63, 3.8) is 0 Å². The Hall–Kier alpha value is -1.36. The lowest BCUT2D eigenvalue weighted by Gasteiger charge is -2.23. The second-order valence-electron chi connectivity index (χ2n) is 5.36. The number of guanidine groups is 1.